The van der Waals surface area contributed by atoms with Gasteiger partial charge < -0.3 is 19.3 Å². The number of hydrogen-bond acceptors (Lipinski definition) is 6. The fourth-order valence-corrected chi connectivity index (χ4v) is 2.76. The summed E-state index contributed by atoms with van der Waals surface area (Å²) in [5.74, 6) is -1.07. The quantitative estimate of drug-likeness (QED) is 0.828. The van der Waals surface area contributed by atoms with Crippen LogP contribution >= 0.6 is 0 Å². The van der Waals surface area contributed by atoms with E-state index in [0.717, 1.165) is 0 Å². The van der Waals surface area contributed by atoms with Crippen LogP contribution in [-0.4, -0.2) is 48.1 Å². The molecular formula is C20H20O6. The number of esters is 2. The summed E-state index contributed by atoms with van der Waals surface area (Å²) in [5, 5.41) is 10.5. The molecular weight excluding hydrogens is 336 g/mol. The molecule has 2 aromatic carbocycles. The summed E-state index contributed by atoms with van der Waals surface area (Å²) < 4.78 is 16.2. The Hall–Kier alpha value is -2.70. The van der Waals surface area contributed by atoms with E-state index in [2.05, 4.69) is 0 Å². The fourth-order valence-electron chi connectivity index (χ4n) is 2.76. The molecule has 1 fully saturated rings. The van der Waals surface area contributed by atoms with E-state index in [1.807, 2.05) is 0 Å². The maximum atomic E-state index is 12.3. The standard InChI is InChI=1S/C20H20O6/c1-20(23)13-25-16(12-24-18(21)14-8-4-2-5-9-14)17(20)26-19(22)15-10-6-3-7-11-15/h2-11,16-17,23H,12-13H2,1H3/t16?,17-,20+/m1/s1. The van der Waals surface area contributed by atoms with Gasteiger partial charge in [-0.3, -0.25) is 0 Å². The predicted octanol–water partition coefficient (Wildman–Crippen LogP) is 2.22. The van der Waals surface area contributed by atoms with Crippen molar-refractivity contribution in [3.05, 3.63) is 71.8 Å². The molecule has 0 radical (unpaired) electrons. The first kappa shape index (κ1) is 18.1. The van der Waals surface area contributed by atoms with Gasteiger partial charge in [0.25, 0.3) is 0 Å². The first-order valence-electron chi connectivity index (χ1n) is 8.29. The number of hydrogen-bond donors (Lipinski definition) is 1. The zero-order valence-corrected chi connectivity index (χ0v) is 14.3. The van der Waals surface area contributed by atoms with E-state index in [4.69, 9.17) is 14.2 Å². The molecule has 6 heteroatoms. The van der Waals surface area contributed by atoms with Crippen molar-refractivity contribution in [2.45, 2.75) is 24.7 Å². The third-order valence-corrected chi connectivity index (χ3v) is 4.17. The summed E-state index contributed by atoms with van der Waals surface area (Å²) in [6.45, 7) is 1.37. The average molecular weight is 356 g/mol. The highest BCUT2D eigenvalue weighted by Gasteiger charge is 2.48. The van der Waals surface area contributed by atoms with Crippen LogP contribution in [0.3, 0.4) is 0 Å². The number of ether oxygens (including phenoxy) is 3. The molecule has 0 saturated carbocycles. The SMILES string of the molecule is C[C@]1(O)COC(COC(=O)c2ccccc2)[C@H]1OC(=O)c1ccccc1. The van der Waals surface area contributed by atoms with Crippen LogP contribution in [-0.2, 0) is 14.2 Å². The minimum atomic E-state index is -1.37. The van der Waals surface area contributed by atoms with Crippen LogP contribution in [0.25, 0.3) is 0 Å². The fraction of sp³-hybridized carbons (Fsp3) is 0.300. The maximum absolute atomic E-state index is 12.3. The highest BCUT2D eigenvalue weighted by Crippen LogP contribution is 2.28. The molecule has 1 N–H and O–H groups in total. The van der Waals surface area contributed by atoms with Gasteiger partial charge in [0, 0.05) is 0 Å². The van der Waals surface area contributed by atoms with Crippen LogP contribution in [0.4, 0.5) is 0 Å². The van der Waals surface area contributed by atoms with Crippen LogP contribution < -0.4 is 0 Å². The molecule has 1 heterocycles. The minimum Gasteiger partial charge on any atom is -0.459 e. The third-order valence-electron chi connectivity index (χ3n) is 4.17. The second-order valence-corrected chi connectivity index (χ2v) is 6.36. The topological polar surface area (TPSA) is 82.1 Å². The molecule has 1 saturated heterocycles. The normalized spacial score (nSPS) is 24.8. The van der Waals surface area contributed by atoms with E-state index in [1.54, 1.807) is 60.7 Å². The van der Waals surface area contributed by atoms with Gasteiger partial charge in [0.2, 0.25) is 0 Å². The van der Waals surface area contributed by atoms with Gasteiger partial charge in [0.05, 0.1) is 17.7 Å². The van der Waals surface area contributed by atoms with Crippen LogP contribution in [0.15, 0.2) is 60.7 Å². The summed E-state index contributed by atoms with van der Waals surface area (Å²) in [4.78, 5) is 24.4. The Morgan fingerprint density at radius 1 is 1.04 bits per heavy atom. The van der Waals surface area contributed by atoms with E-state index in [-0.39, 0.29) is 13.2 Å². The van der Waals surface area contributed by atoms with Crippen molar-refractivity contribution in [3.63, 3.8) is 0 Å². The molecule has 0 bridgehead atoms. The summed E-state index contributed by atoms with van der Waals surface area (Å²) in [5.41, 5.74) is -0.584. The molecule has 6 nitrogen and oxygen atoms in total. The van der Waals surface area contributed by atoms with Crippen LogP contribution in [0, 0.1) is 0 Å². The maximum Gasteiger partial charge on any atom is 0.338 e. The summed E-state index contributed by atoms with van der Waals surface area (Å²) in [6.07, 6.45) is -1.69. The van der Waals surface area contributed by atoms with Gasteiger partial charge in [-0.2, -0.15) is 0 Å². The van der Waals surface area contributed by atoms with Crippen LogP contribution in [0.1, 0.15) is 27.6 Å². The van der Waals surface area contributed by atoms with E-state index in [0.29, 0.717) is 11.1 Å². The Kier molecular flexibility index (Phi) is 5.35. The molecule has 3 rings (SSSR count). The van der Waals surface area contributed by atoms with E-state index in [1.165, 1.54) is 6.92 Å². The van der Waals surface area contributed by atoms with Gasteiger partial charge >= 0.3 is 11.9 Å². The lowest BCUT2D eigenvalue weighted by Crippen LogP contribution is -2.45. The lowest BCUT2D eigenvalue weighted by molar-refractivity contribution is -0.0639. The molecule has 136 valence electrons. The molecule has 0 aliphatic carbocycles. The molecule has 3 atom stereocenters. The van der Waals surface area contributed by atoms with Crippen molar-refractivity contribution >= 4 is 11.9 Å². The van der Waals surface area contributed by atoms with Crippen LogP contribution in [0.2, 0.25) is 0 Å². The van der Waals surface area contributed by atoms with E-state index >= 15 is 0 Å². The molecule has 2 aromatic rings. The first-order valence-corrected chi connectivity index (χ1v) is 8.29. The van der Waals surface area contributed by atoms with Crippen molar-refractivity contribution in [1.29, 1.82) is 0 Å². The summed E-state index contributed by atoms with van der Waals surface area (Å²) >= 11 is 0. The van der Waals surface area contributed by atoms with E-state index in [9.17, 15) is 14.7 Å². The lowest BCUT2D eigenvalue weighted by atomic mass is 9.99. The van der Waals surface area contributed by atoms with Crippen LogP contribution in [0.5, 0.6) is 0 Å². The Morgan fingerprint density at radius 2 is 1.58 bits per heavy atom. The predicted molar refractivity (Wildman–Crippen MR) is 92.7 cm³/mol. The highest BCUT2D eigenvalue weighted by atomic mass is 16.6. The lowest BCUT2D eigenvalue weighted by Gasteiger charge is -2.26. The molecule has 1 aliphatic rings. The Balaban J connectivity index is 1.64. The molecule has 0 aromatic heterocycles. The second-order valence-electron chi connectivity index (χ2n) is 6.36. The van der Waals surface area contributed by atoms with Gasteiger partial charge in [-0.05, 0) is 31.2 Å². The van der Waals surface area contributed by atoms with Gasteiger partial charge in [0.15, 0.2) is 6.10 Å². The Bertz CT molecular complexity index is 756. The second kappa shape index (κ2) is 7.68. The molecule has 26 heavy (non-hydrogen) atoms. The Labute approximate surface area is 151 Å². The zero-order chi connectivity index (χ0) is 18.6. The monoisotopic (exact) mass is 356 g/mol. The average Bonchev–Trinajstić information content (AvgIpc) is 2.95. The highest BCUT2D eigenvalue weighted by molar-refractivity contribution is 5.90. The summed E-state index contributed by atoms with van der Waals surface area (Å²) in [6, 6.07) is 17.0. The van der Waals surface area contributed by atoms with Gasteiger partial charge in [-0.25, -0.2) is 9.59 Å². The van der Waals surface area contributed by atoms with Gasteiger partial charge in [-0.15, -0.1) is 0 Å². The third kappa shape index (κ3) is 4.09. The molecule has 0 amide bonds. The molecule has 1 aliphatic heterocycles. The molecule has 1 unspecified atom stereocenters. The van der Waals surface area contributed by atoms with Crippen molar-refractivity contribution in [1.82, 2.24) is 0 Å². The minimum absolute atomic E-state index is 0.0205. The first-order chi connectivity index (χ1) is 12.5. The number of aliphatic hydroxyl groups is 1. The molecule has 0 spiro atoms. The van der Waals surface area contributed by atoms with Gasteiger partial charge in [-0.1, -0.05) is 36.4 Å². The van der Waals surface area contributed by atoms with Gasteiger partial charge in [0.1, 0.15) is 18.3 Å². The zero-order valence-electron chi connectivity index (χ0n) is 14.3. The van der Waals surface area contributed by atoms with Crippen molar-refractivity contribution in [2.24, 2.45) is 0 Å². The number of benzene rings is 2. The van der Waals surface area contributed by atoms with Crippen molar-refractivity contribution < 1.29 is 28.9 Å². The van der Waals surface area contributed by atoms with Crippen molar-refractivity contribution in [3.8, 4) is 0 Å². The number of rotatable bonds is 5. The largest absolute Gasteiger partial charge is 0.459 e. The number of carbonyl (C=O) groups is 2. The van der Waals surface area contributed by atoms with E-state index < -0.39 is 29.7 Å². The summed E-state index contributed by atoms with van der Waals surface area (Å²) in [7, 11) is 0. The Morgan fingerprint density at radius 3 is 2.15 bits per heavy atom. The smallest absolute Gasteiger partial charge is 0.338 e. The van der Waals surface area contributed by atoms with Crippen molar-refractivity contribution in [2.75, 3.05) is 13.2 Å². The number of carbonyl (C=O) groups excluding carboxylic acids is 2.